The zero-order chi connectivity index (χ0) is 18.0. The Morgan fingerprint density at radius 2 is 1.84 bits per heavy atom. The highest BCUT2D eigenvalue weighted by molar-refractivity contribution is 5.94. The highest BCUT2D eigenvalue weighted by Crippen LogP contribution is 2.23. The second-order valence-electron chi connectivity index (χ2n) is 6.19. The highest BCUT2D eigenvalue weighted by atomic mass is 19.1. The van der Waals surface area contributed by atoms with Crippen LogP contribution in [0.4, 0.5) is 4.39 Å². The Kier molecular flexibility index (Phi) is 4.65. The lowest BCUT2D eigenvalue weighted by molar-refractivity contribution is 0.0951. The van der Waals surface area contributed by atoms with Crippen LogP contribution in [0.15, 0.2) is 57.7 Å². The van der Waals surface area contributed by atoms with E-state index in [2.05, 4.69) is 19.2 Å². The van der Waals surface area contributed by atoms with Gasteiger partial charge >= 0.3 is 5.63 Å². The molecule has 1 aromatic heterocycles. The number of carbonyl (C=O) groups excluding carboxylic acids is 1. The van der Waals surface area contributed by atoms with Gasteiger partial charge in [0.2, 0.25) is 0 Å². The van der Waals surface area contributed by atoms with Crippen molar-refractivity contribution in [2.75, 3.05) is 0 Å². The Morgan fingerprint density at radius 3 is 2.52 bits per heavy atom. The molecule has 128 valence electrons. The predicted octanol–water partition coefficient (Wildman–Crippen LogP) is 3.99. The summed E-state index contributed by atoms with van der Waals surface area (Å²) in [6.45, 7) is 4.34. The van der Waals surface area contributed by atoms with Gasteiger partial charge in [0.1, 0.15) is 11.4 Å². The third-order valence-corrected chi connectivity index (χ3v) is 4.06. The molecular weight excluding hydrogens is 321 g/mol. The Bertz CT molecular complexity index is 974. The molecule has 0 saturated heterocycles. The first-order chi connectivity index (χ1) is 11.9. The molecule has 0 saturated carbocycles. The molecule has 0 aliphatic carbocycles. The lowest BCUT2D eigenvalue weighted by Crippen LogP contribution is -2.23. The van der Waals surface area contributed by atoms with Gasteiger partial charge in [-0.3, -0.25) is 4.79 Å². The van der Waals surface area contributed by atoms with E-state index in [1.807, 2.05) is 12.1 Å². The minimum Gasteiger partial charge on any atom is -0.423 e. The Balaban J connectivity index is 1.89. The van der Waals surface area contributed by atoms with E-state index in [9.17, 15) is 14.0 Å². The monoisotopic (exact) mass is 339 g/mol. The van der Waals surface area contributed by atoms with Crippen LogP contribution in [0.25, 0.3) is 11.0 Å². The smallest absolute Gasteiger partial charge is 0.336 e. The van der Waals surface area contributed by atoms with Crippen molar-refractivity contribution in [2.24, 2.45) is 0 Å². The molecule has 5 heteroatoms. The molecule has 2 aromatic carbocycles. The Morgan fingerprint density at radius 1 is 1.12 bits per heavy atom. The number of rotatable bonds is 4. The summed E-state index contributed by atoms with van der Waals surface area (Å²) in [6, 6.07) is 12.4. The lowest BCUT2D eigenvalue weighted by atomic mass is 9.99. The van der Waals surface area contributed by atoms with Crippen molar-refractivity contribution < 1.29 is 13.6 Å². The molecule has 4 nitrogen and oxygen atoms in total. The van der Waals surface area contributed by atoms with Gasteiger partial charge in [0.15, 0.2) is 0 Å². The highest BCUT2D eigenvalue weighted by Gasteiger charge is 2.11. The molecule has 0 fully saturated rings. The average molecular weight is 339 g/mol. The van der Waals surface area contributed by atoms with E-state index in [1.165, 1.54) is 30.3 Å². The predicted molar refractivity (Wildman–Crippen MR) is 94.1 cm³/mol. The first-order valence-corrected chi connectivity index (χ1v) is 8.04. The number of amides is 1. The van der Waals surface area contributed by atoms with Crippen molar-refractivity contribution in [1.82, 2.24) is 5.32 Å². The average Bonchev–Trinajstić information content (AvgIpc) is 2.59. The van der Waals surface area contributed by atoms with Crippen LogP contribution in [-0.4, -0.2) is 5.91 Å². The summed E-state index contributed by atoms with van der Waals surface area (Å²) < 4.78 is 18.2. The molecule has 25 heavy (non-hydrogen) atoms. The molecule has 1 N–H and O–H groups in total. The molecule has 3 aromatic rings. The van der Waals surface area contributed by atoms with Gasteiger partial charge in [-0.1, -0.05) is 19.9 Å². The second kappa shape index (κ2) is 6.89. The molecule has 0 unspecified atom stereocenters. The summed E-state index contributed by atoms with van der Waals surface area (Å²) in [4.78, 5) is 23.9. The molecule has 3 rings (SSSR count). The van der Waals surface area contributed by atoms with Crippen molar-refractivity contribution in [1.29, 1.82) is 0 Å². The van der Waals surface area contributed by atoms with Crippen molar-refractivity contribution >= 4 is 16.9 Å². The number of halogens is 1. The first kappa shape index (κ1) is 16.9. The van der Waals surface area contributed by atoms with Crippen molar-refractivity contribution in [3.8, 4) is 0 Å². The molecule has 1 heterocycles. The van der Waals surface area contributed by atoms with Crippen LogP contribution in [0, 0.1) is 5.82 Å². The second-order valence-corrected chi connectivity index (χ2v) is 6.19. The maximum Gasteiger partial charge on any atom is 0.336 e. The molecule has 0 aliphatic heterocycles. The largest absolute Gasteiger partial charge is 0.423 e. The molecule has 0 bridgehead atoms. The van der Waals surface area contributed by atoms with Crippen LogP contribution in [0.1, 0.15) is 41.3 Å². The van der Waals surface area contributed by atoms with Crippen LogP contribution < -0.4 is 10.9 Å². The summed E-state index contributed by atoms with van der Waals surface area (Å²) in [7, 11) is 0. The van der Waals surface area contributed by atoms with Gasteiger partial charge in [-0.05, 0) is 53.4 Å². The zero-order valence-electron chi connectivity index (χ0n) is 14.0. The quantitative estimate of drug-likeness (QED) is 0.731. The van der Waals surface area contributed by atoms with E-state index in [-0.39, 0.29) is 12.5 Å². The number of fused-ring (bicyclic) bond motifs is 1. The fraction of sp³-hybridized carbons (Fsp3) is 0.200. The summed E-state index contributed by atoms with van der Waals surface area (Å²) >= 11 is 0. The third-order valence-electron chi connectivity index (χ3n) is 4.06. The SMILES string of the molecule is CC(C)c1ccc2oc(=O)cc(CNC(=O)c3ccc(F)cc3)c2c1. The maximum atomic E-state index is 12.9. The van der Waals surface area contributed by atoms with E-state index < -0.39 is 11.4 Å². The summed E-state index contributed by atoms with van der Waals surface area (Å²) in [6.07, 6.45) is 0. The van der Waals surface area contributed by atoms with E-state index in [0.717, 1.165) is 10.9 Å². The minimum atomic E-state index is -0.462. The van der Waals surface area contributed by atoms with Gasteiger partial charge in [0.25, 0.3) is 5.91 Å². The zero-order valence-corrected chi connectivity index (χ0v) is 14.0. The minimum absolute atomic E-state index is 0.180. The van der Waals surface area contributed by atoms with Crippen molar-refractivity contribution in [2.45, 2.75) is 26.3 Å². The van der Waals surface area contributed by atoms with Crippen LogP contribution in [-0.2, 0) is 6.54 Å². The number of hydrogen-bond donors (Lipinski definition) is 1. The lowest BCUT2D eigenvalue weighted by Gasteiger charge is -2.10. The van der Waals surface area contributed by atoms with Gasteiger partial charge in [0.05, 0.1) is 0 Å². The van der Waals surface area contributed by atoms with E-state index in [1.54, 1.807) is 6.07 Å². The first-order valence-electron chi connectivity index (χ1n) is 8.04. The summed E-state index contributed by atoms with van der Waals surface area (Å²) in [5.41, 5.74) is 2.19. The molecule has 0 atom stereocenters. The van der Waals surface area contributed by atoms with Gasteiger partial charge < -0.3 is 9.73 Å². The van der Waals surface area contributed by atoms with Crippen LogP contribution in [0.5, 0.6) is 0 Å². The van der Waals surface area contributed by atoms with E-state index >= 15 is 0 Å². The van der Waals surface area contributed by atoms with Gasteiger partial charge in [-0.25, -0.2) is 9.18 Å². The normalized spacial score (nSPS) is 11.0. The van der Waals surface area contributed by atoms with Crippen LogP contribution in [0.3, 0.4) is 0 Å². The maximum absolute atomic E-state index is 12.9. The Labute approximate surface area is 144 Å². The standard InChI is InChI=1S/C20H18FNO3/c1-12(2)14-5-8-18-17(9-14)15(10-19(23)25-18)11-22-20(24)13-3-6-16(21)7-4-13/h3-10,12H,11H2,1-2H3,(H,22,24). The van der Waals surface area contributed by atoms with Gasteiger partial charge in [-0.15, -0.1) is 0 Å². The Hall–Kier alpha value is -2.95. The molecular formula is C20H18FNO3. The van der Waals surface area contributed by atoms with Crippen LogP contribution in [0.2, 0.25) is 0 Å². The molecule has 0 aliphatic rings. The topological polar surface area (TPSA) is 59.3 Å². The van der Waals surface area contributed by atoms with Crippen molar-refractivity contribution in [3.05, 3.63) is 81.5 Å². The molecule has 1 amide bonds. The van der Waals surface area contributed by atoms with Crippen LogP contribution >= 0.6 is 0 Å². The fourth-order valence-corrected chi connectivity index (χ4v) is 2.63. The van der Waals surface area contributed by atoms with Gasteiger partial charge in [-0.2, -0.15) is 0 Å². The van der Waals surface area contributed by atoms with E-state index in [4.69, 9.17) is 4.42 Å². The fourth-order valence-electron chi connectivity index (χ4n) is 2.63. The third kappa shape index (κ3) is 3.76. The number of nitrogens with one attached hydrogen (secondary N) is 1. The molecule has 0 spiro atoms. The summed E-state index contributed by atoms with van der Waals surface area (Å²) in [5, 5.41) is 3.56. The number of carbonyl (C=O) groups is 1. The summed E-state index contributed by atoms with van der Waals surface area (Å²) in [5.74, 6) is -0.399. The van der Waals surface area contributed by atoms with Crippen molar-refractivity contribution in [3.63, 3.8) is 0 Å². The van der Waals surface area contributed by atoms with E-state index in [0.29, 0.717) is 22.6 Å². The number of benzene rings is 2. The molecule has 0 radical (unpaired) electrons. The number of hydrogen-bond acceptors (Lipinski definition) is 3. The van der Waals surface area contributed by atoms with Gasteiger partial charge in [0, 0.05) is 23.6 Å².